The highest BCUT2D eigenvalue weighted by atomic mass is 16.2. The molecule has 2 aromatic heterocycles. The zero-order valence-electron chi connectivity index (χ0n) is 46.4. The van der Waals surface area contributed by atoms with Gasteiger partial charge < -0.3 is 90.6 Å². The molecule has 19 N–H and O–H groups in total. The van der Waals surface area contributed by atoms with Gasteiger partial charge in [-0.1, -0.05) is 76.9 Å². The SMILES string of the molecule is CNC[C@H](Cc1c[nH]c2ccccc12)NC(=O)NC[C@H](CCCCN)NC(=O)NC[C@@H](NC(=O)NC[C@H](Cc1c[nH]c2ccccc12)NC(=O)NC[C@H](CCCCN)NC(=O)NC[C@@H](NC(=O)NC(C)C)C(C)C)C(C)C. The summed E-state index contributed by atoms with van der Waals surface area (Å²) < 4.78 is 0. The lowest BCUT2D eigenvalue weighted by Crippen LogP contribution is -2.56. The Morgan fingerprint density at radius 1 is 0.442 bits per heavy atom. The van der Waals surface area contributed by atoms with Gasteiger partial charge in [-0.05, 0) is 108 Å². The molecular formula is C54H91N17O6. The molecule has 4 aromatic rings. The molecule has 0 aliphatic carbocycles. The number of unbranched alkanes of at least 4 members (excludes halogenated alkanes) is 2. The molecule has 0 radical (unpaired) electrons. The summed E-state index contributed by atoms with van der Waals surface area (Å²) in [5.74, 6) is -0.0340. The van der Waals surface area contributed by atoms with Crippen LogP contribution < -0.4 is 80.6 Å². The molecule has 0 saturated heterocycles. The van der Waals surface area contributed by atoms with E-state index < -0.39 is 48.3 Å². The van der Waals surface area contributed by atoms with Crippen LogP contribution in [0, 0.1) is 11.8 Å². The fourth-order valence-corrected chi connectivity index (χ4v) is 8.84. The lowest BCUT2D eigenvalue weighted by atomic mass is 10.0. The van der Waals surface area contributed by atoms with Crippen molar-refractivity contribution in [1.29, 1.82) is 0 Å². The van der Waals surface area contributed by atoms with Crippen molar-refractivity contribution in [3.8, 4) is 0 Å². The van der Waals surface area contributed by atoms with E-state index >= 15 is 0 Å². The van der Waals surface area contributed by atoms with Crippen LogP contribution in [0.4, 0.5) is 28.8 Å². The number of benzene rings is 2. The fourth-order valence-electron chi connectivity index (χ4n) is 8.84. The van der Waals surface area contributed by atoms with E-state index in [-0.39, 0.29) is 74.7 Å². The Morgan fingerprint density at radius 2 is 0.805 bits per heavy atom. The number of nitrogens with two attached hydrogens (primary N) is 2. The minimum atomic E-state index is -0.567. The molecule has 4 rings (SSSR count). The summed E-state index contributed by atoms with van der Waals surface area (Å²) in [6.45, 7) is 13.7. The zero-order valence-corrected chi connectivity index (χ0v) is 46.4. The van der Waals surface area contributed by atoms with E-state index in [0.29, 0.717) is 45.3 Å². The van der Waals surface area contributed by atoms with E-state index in [1.54, 1.807) is 0 Å². The molecule has 0 aliphatic rings. The molecule has 0 unspecified atom stereocenters. The molecule has 0 saturated carbocycles. The van der Waals surface area contributed by atoms with Gasteiger partial charge in [0.1, 0.15) is 0 Å². The third kappa shape index (κ3) is 23.4. The van der Waals surface area contributed by atoms with Crippen LogP contribution >= 0.6 is 0 Å². The summed E-state index contributed by atoms with van der Waals surface area (Å²) in [4.78, 5) is 86.0. The van der Waals surface area contributed by atoms with Gasteiger partial charge in [-0.3, -0.25) is 0 Å². The van der Waals surface area contributed by atoms with E-state index in [4.69, 9.17) is 11.5 Å². The lowest BCUT2D eigenvalue weighted by Gasteiger charge is -2.26. The third-order valence-corrected chi connectivity index (χ3v) is 13.2. The van der Waals surface area contributed by atoms with Gasteiger partial charge in [0.2, 0.25) is 0 Å². The van der Waals surface area contributed by atoms with Gasteiger partial charge in [-0.15, -0.1) is 0 Å². The number of aromatic nitrogens is 2. The summed E-state index contributed by atoms with van der Waals surface area (Å²) >= 11 is 0. The predicted octanol–water partition coefficient (Wildman–Crippen LogP) is 3.64. The molecule has 0 aliphatic heterocycles. The normalized spacial score (nSPS) is 13.7. The number of amides is 12. The molecule has 0 spiro atoms. The van der Waals surface area contributed by atoms with Crippen LogP contribution in [0.5, 0.6) is 0 Å². The van der Waals surface area contributed by atoms with Crippen molar-refractivity contribution in [3.63, 3.8) is 0 Å². The minimum Gasteiger partial charge on any atom is -0.361 e. The Bertz CT molecular complexity index is 2410. The predicted molar refractivity (Wildman–Crippen MR) is 306 cm³/mol. The Morgan fingerprint density at radius 3 is 1.21 bits per heavy atom. The van der Waals surface area contributed by atoms with Gasteiger partial charge in [-0.2, -0.15) is 0 Å². The molecule has 2 heterocycles. The molecule has 2 aromatic carbocycles. The first-order valence-electron chi connectivity index (χ1n) is 27.4. The van der Waals surface area contributed by atoms with Gasteiger partial charge in [0, 0.05) is 97.6 Å². The Balaban J connectivity index is 1.32. The Labute approximate surface area is 454 Å². The second kappa shape index (κ2) is 33.9. The highest BCUT2D eigenvalue weighted by Crippen LogP contribution is 2.20. The average molecular weight is 1070 g/mol. The molecule has 23 nitrogen and oxygen atoms in total. The van der Waals surface area contributed by atoms with Crippen LogP contribution in [-0.4, -0.2) is 148 Å². The van der Waals surface area contributed by atoms with E-state index in [9.17, 15) is 28.8 Å². The maximum Gasteiger partial charge on any atom is 0.315 e. The number of likely N-dealkylation sites (N-methyl/N-ethyl adjacent to an activating group) is 1. The third-order valence-electron chi connectivity index (χ3n) is 13.2. The van der Waals surface area contributed by atoms with Crippen molar-refractivity contribution in [2.75, 3.05) is 59.4 Å². The van der Waals surface area contributed by atoms with Gasteiger partial charge >= 0.3 is 36.2 Å². The average Bonchev–Trinajstić information content (AvgIpc) is 4.00. The van der Waals surface area contributed by atoms with Crippen molar-refractivity contribution >= 4 is 58.0 Å². The van der Waals surface area contributed by atoms with Crippen LogP contribution in [0.1, 0.15) is 91.2 Å². The van der Waals surface area contributed by atoms with Crippen molar-refractivity contribution in [3.05, 3.63) is 72.1 Å². The van der Waals surface area contributed by atoms with Crippen LogP contribution in [0.15, 0.2) is 60.9 Å². The number of H-pyrrole nitrogens is 2. The van der Waals surface area contributed by atoms with E-state index in [2.05, 4.69) is 85.2 Å². The van der Waals surface area contributed by atoms with Gasteiger partial charge in [0.05, 0.1) is 18.1 Å². The number of hydrogen-bond donors (Lipinski definition) is 17. The number of urea groups is 6. The number of nitrogens with one attached hydrogen (secondary N) is 15. The van der Waals surface area contributed by atoms with Crippen LogP contribution in [0.25, 0.3) is 21.8 Å². The van der Waals surface area contributed by atoms with Crippen molar-refractivity contribution in [1.82, 2.24) is 79.1 Å². The molecule has 77 heavy (non-hydrogen) atoms. The Hall–Kier alpha value is -6.98. The first-order chi connectivity index (χ1) is 37.0. The van der Waals surface area contributed by atoms with Crippen molar-refractivity contribution < 1.29 is 28.8 Å². The highest BCUT2D eigenvalue weighted by molar-refractivity contribution is 5.84. The molecule has 23 heteroatoms. The maximum absolute atomic E-state index is 13.6. The molecule has 12 amide bonds. The largest absolute Gasteiger partial charge is 0.361 e. The second-order valence-electron chi connectivity index (χ2n) is 20.8. The quantitative estimate of drug-likeness (QED) is 0.0309. The number of carbonyl (C=O) groups excluding carboxylic acids is 6. The topological polar surface area (TPSA) is 342 Å². The standard InChI is InChI=1S/C54H91N17O6/c1-34(2)47(32-63-51(74)66-39(16-12-14-22-55)29-60-49(72)68-41(28-57-7)24-37-26-58-45-20-10-8-18-43(37)45)70-53(76)62-31-42(25-38-27-59-46-21-11-9-19-44(38)46)69-50(73)61-30-40(17-13-15-23-56)67-52(75)64-33-48(35(3)4)71-54(77)65-36(5)6/h8-11,18-21,26-27,34-36,39-42,47-48,57-59H,12-17,22-25,28-33,55-56H2,1-7H3,(H2,60,68,72)(H2,61,69,73)(H2,62,70,76)(H2,63,66,74)(H2,64,67,75)(H2,65,71,77)/t39-,40-,41-,42-,47+,48+/m0/s1. The molecular weight excluding hydrogens is 983 g/mol. The number of para-hydroxylation sites is 2. The van der Waals surface area contributed by atoms with Crippen molar-refractivity contribution in [2.45, 2.75) is 135 Å². The fraction of sp³-hybridized carbons (Fsp3) is 0.593. The Kier molecular flexibility index (Phi) is 27.6. The first-order valence-corrected chi connectivity index (χ1v) is 27.4. The molecule has 428 valence electrons. The van der Waals surface area contributed by atoms with Gasteiger partial charge in [0.25, 0.3) is 0 Å². The smallest absolute Gasteiger partial charge is 0.315 e. The zero-order chi connectivity index (χ0) is 56.1. The molecule has 6 atom stereocenters. The lowest BCUT2D eigenvalue weighted by molar-refractivity contribution is 0.221. The summed E-state index contributed by atoms with van der Waals surface area (Å²) in [6, 6.07) is 10.9. The van der Waals surface area contributed by atoms with E-state index in [1.807, 2.05) is 103 Å². The number of rotatable bonds is 33. The van der Waals surface area contributed by atoms with Crippen LogP contribution in [-0.2, 0) is 12.8 Å². The van der Waals surface area contributed by atoms with Crippen molar-refractivity contribution in [2.24, 2.45) is 23.3 Å². The minimum absolute atomic E-state index is 0.0430. The molecule has 0 bridgehead atoms. The second-order valence-corrected chi connectivity index (χ2v) is 20.8. The van der Waals surface area contributed by atoms with E-state index in [1.165, 1.54) is 0 Å². The number of carbonyl (C=O) groups is 6. The van der Waals surface area contributed by atoms with Crippen LogP contribution in [0.3, 0.4) is 0 Å². The monoisotopic (exact) mass is 1070 g/mol. The highest BCUT2D eigenvalue weighted by Gasteiger charge is 2.24. The van der Waals surface area contributed by atoms with Gasteiger partial charge in [-0.25, -0.2) is 28.8 Å². The summed E-state index contributed by atoms with van der Waals surface area (Å²) in [6.07, 6.45) is 8.94. The van der Waals surface area contributed by atoms with E-state index in [0.717, 1.165) is 58.6 Å². The molecule has 0 fully saturated rings. The maximum atomic E-state index is 13.6. The summed E-state index contributed by atoms with van der Waals surface area (Å²) in [7, 11) is 1.84. The number of hydrogen-bond acceptors (Lipinski definition) is 9. The van der Waals surface area contributed by atoms with Crippen LogP contribution in [0.2, 0.25) is 0 Å². The van der Waals surface area contributed by atoms with Gasteiger partial charge in [0.15, 0.2) is 0 Å². The number of aromatic amines is 2. The summed E-state index contributed by atoms with van der Waals surface area (Å²) in [5, 5.41) is 40.6. The summed E-state index contributed by atoms with van der Waals surface area (Å²) in [5.41, 5.74) is 15.6. The number of fused-ring (bicyclic) bond motifs is 2. The first kappa shape index (κ1) is 62.6.